The second kappa shape index (κ2) is 10.6. The molecule has 0 aromatic heterocycles. The fourth-order valence-corrected chi connectivity index (χ4v) is 2.60. The standard InChI is InChI=1S/C15H32N2O2/c1-14(15-6-9-17(2)10-7-15)16-8-4-5-11-19-13-12-18-3/h14-16H,4-13H2,1-3H3. The van der Waals surface area contributed by atoms with Gasteiger partial charge in [-0.2, -0.15) is 0 Å². The third-order valence-electron chi connectivity index (χ3n) is 4.08. The van der Waals surface area contributed by atoms with Crippen molar-refractivity contribution in [3.05, 3.63) is 0 Å². The van der Waals surface area contributed by atoms with Gasteiger partial charge in [0.1, 0.15) is 0 Å². The van der Waals surface area contributed by atoms with Crippen molar-refractivity contribution < 1.29 is 9.47 Å². The topological polar surface area (TPSA) is 33.7 Å². The number of hydrogen-bond donors (Lipinski definition) is 1. The molecule has 1 fully saturated rings. The van der Waals surface area contributed by atoms with Crippen molar-refractivity contribution in [2.45, 2.75) is 38.6 Å². The molecule has 1 rings (SSSR count). The highest BCUT2D eigenvalue weighted by Gasteiger charge is 2.21. The van der Waals surface area contributed by atoms with Crippen molar-refractivity contribution in [2.75, 3.05) is 53.6 Å². The number of nitrogens with zero attached hydrogens (tertiary/aromatic N) is 1. The summed E-state index contributed by atoms with van der Waals surface area (Å²) >= 11 is 0. The number of likely N-dealkylation sites (tertiary alicyclic amines) is 1. The molecule has 1 heterocycles. The Morgan fingerprint density at radius 1 is 1.16 bits per heavy atom. The molecule has 114 valence electrons. The zero-order chi connectivity index (χ0) is 13.9. The minimum absolute atomic E-state index is 0.656. The van der Waals surface area contributed by atoms with Crippen LogP contribution in [0.4, 0.5) is 0 Å². The molecule has 19 heavy (non-hydrogen) atoms. The lowest BCUT2D eigenvalue weighted by molar-refractivity contribution is 0.0686. The molecule has 0 spiro atoms. The van der Waals surface area contributed by atoms with Crippen LogP contribution in [0.15, 0.2) is 0 Å². The Balaban J connectivity index is 1.91. The summed E-state index contributed by atoms with van der Waals surface area (Å²) in [4.78, 5) is 2.43. The van der Waals surface area contributed by atoms with Gasteiger partial charge in [0.05, 0.1) is 13.2 Å². The number of piperidine rings is 1. The highest BCUT2D eigenvalue weighted by atomic mass is 16.5. The average molecular weight is 272 g/mol. The minimum Gasteiger partial charge on any atom is -0.382 e. The summed E-state index contributed by atoms with van der Waals surface area (Å²) in [5.74, 6) is 0.856. The van der Waals surface area contributed by atoms with Crippen LogP contribution in [-0.2, 0) is 9.47 Å². The molecular weight excluding hydrogens is 240 g/mol. The van der Waals surface area contributed by atoms with Crippen LogP contribution in [-0.4, -0.2) is 64.6 Å². The fourth-order valence-electron chi connectivity index (χ4n) is 2.60. The molecule has 1 saturated heterocycles. The molecule has 4 nitrogen and oxygen atoms in total. The van der Waals surface area contributed by atoms with E-state index in [9.17, 15) is 0 Å². The minimum atomic E-state index is 0.656. The van der Waals surface area contributed by atoms with Crippen LogP contribution < -0.4 is 5.32 Å². The van der Waals surface area contributed by atoms with E-state index < -0.39 is 0 Å². The quantitative estimate of drug-likeness (QED) is 0.614. The molecule has 0 bridgehead atoms. The summed E-state index contributed by atoms with van der Waals surface area (Å²) < 4.78 is 10.4. The Labute approximate surface area is 118 Å². The Morgan fingerprint density at radius 3 is 2.58 bits per heavy atom. The first kappa shape index (κ1) is 16.9. The highest BCUT2D eigenvalue weighted by molar-refractivity contribution is 4.78. The number of unbranched alkanes of at least 4 members (excludes halogenated alkanes) is 1. The molecule has 1 N–H and O–H groups in total. The fraction of sp³-hybridized carbons (Fsp3) is 1.00. The van der Waals surface area contributed by atoms with Gasteiger partial charge < -0.3 is 19.7 Å². The summed E-state index contributed by atoms with van der Waals surface area (Å²) in [7, 11) is 3.93. The molecule has 1 atom stereocenters. The van der Waals surface area contributed by atoms with Crippen LogP contribution in [0.25, 0.3) is 0 Å². The molecule has 0 radical (unpaired) electrons. The molecule has 4 heteroatoms. The molecule has 0 aliphatic carbocycles. The maximum absolute atomic E-state index is 5.45. The Bertz CT molecular complexity index is 206. The summed E-state index contributed by atoms with van der Waals surface area (Å²) in [6.45, 7) is 8.23. The van der Waals surface area contributed by atoms with E-state index in [-0.39, 0.29) is 0 Å². The number of hydrogen-bond acceptors (Lipinski definition) is 4. The average Bonchev–Trinajstić information content (AvgIpc) is 2.42. The van der Waals surface area contributed by atoms with E-state index in [1.807, 2.05) is 0 Å². The van der Waals surface area contributed by atoms with Crippen molar-refractivity contribution >= 4 is 0 Å². The maximum atomic E-state index is 5.45. The molecule has 1 aliphatic rings. The second-order valence-electron chi connectivity index (χ2n) is 5.70. The monoisotopic (exact) mass is 272 g/mol. The van der Waals surface area contributed by atoms with E-state index in [1.165, 1.54) is 32.4 Å². The lowest BCUT2D eigenvalue weighted by Crippen LogP contribution is -2.41. The zero-order valence-electron chi connectivity index (χ0n) is 13.0. The Hall–Kier alpha value is -0.160. The van der Waals surface area contributed by atoms with Gasteiger partial charge in [-0.1, -0.05) is 0 Å². The maximum Gasteiger partial charge on any atom is 0.0700 e. The predicted octanol–water partition coefficient (Wildman–Crippen LogP) is 1.75. The largest absolute Gasteiger partial charge is 0.382 e. The summed E-state index contributed by atoms with van der Waals surface area (Å²) in [5, 5.41) is 3.67. The molecule has 0 saturated carbocycles. The van der Waals surface area contributed by atoms with Crippen LogP contribution >= 0.6 is 0 Å². The van der Waals surface area contributed by atoms with Crippen molar-refractivity contribution in [3.8, 4) is 0 Å². The number of methoxy groups -OCH3 is 1. The smallest absolute Gasteiger partial charge is 0.0700 e. The van der Waals surface area contributed by atoms with E-state index in [1.54, 1.807) is 7.11 Å². The summed E-state index contributed by atoms with van der Waals surface area (Å²) in [6.07, 6.45) is 5.01. The molecule has 1 unspecified atom stereocenters. The number of nitrogens with one attached hydrogen (secondary N) is 1. The molecular formula is C15H32N2O2. The van der Waals surface area contributed by atoms with Crippen LogP contribution in [0, 0.1) is 5.92 Å². The van der Waals surface area contributed by atoms with Crippen molar-refractivity contribution in [1.82, 2.24) is 10.2 Å². The van der Waals surface area contributed by atoms with Crippen LogP contribution in [0.5, 0.6) is 0 Å². The Morgan fingerprint density at radius 2 is 1.89 bits per heavy atom. The normalized spacial score (nSPS) is 19.7. The van der Waals surface area contributed by atoms with Gasteiger partial charge in [0.15, 0.2) is 0 Å². The zero-order valence-corrected chi connectivity index (χ0v) is 13.0. The van der Waals surface area contributed by atoms with Crippen molar-refractivity contribution in [1.29, 1.82) is 0 Å². The first-order valence-electron chi connectivity index (χ1n) is 7.72. The lowest BCUT2D eigenvalue weighted by Gasteiger charge is -2.33. The van der Waals surface area contributed by atoms with Crippen LogP contribution in [0.3, 0.4) is 0 Å². The third kappa shape index (κ3) is 7.88. The van der Waals surface area contributed by atoms with Crippen LogP contribution in [0.1, 0.15) is 32.6 Å². The van der Waals surface area contributed by atoms with Crippen LogP contribution in [0.2, 0.25) is 0 Å². The highest BCUT2D eigenvalue weighted by Crippen LogP contribution is 2.19. The van der Waals surface area contributed by atoms with Gasteiger partial charge in [-0.15, -0.1) is 0 Å². The Kier molecular flexibility index (Phi) is 9.43. The first-order chi connectivity index (χ1) is 9.24. The lowest BCUT2D eigenvalue weighted by atomic mass is 9.90. The van der Waals surface area contributed by atoms with E-state index in [4.69, 9.17) is 9.47 Å². The van der Waals surface area contributed by atoms with Gasteiger partial charge in [0.2, 0.25) is 0 Å². The molecule has 0 aromatic carbocycles. The third-order valence-corrected chi connectivity index (χ3v) is 4.08. The van der Waals surface area contributed by atoms with E-state index >= 15 is 0 Å². The van der Waals surface area contributed by atoms with Crippen molar-refractivity contribution in [2.24, 2.45) is 5.92 Å². The molecule has 1 aliphatic heterocycles. The number of ether oxygens (including phenoxy) is 2. The van der Waals surface area contributed by atoms with Crippen molar-refractivity contribution in [3.63, 3.8) is 0 Å². The van der Waals surface area contributed by atoms with Gasteiger partial charge in [0.25, 0.3) is 0 Å². The molecule has 0 aromatic rings. The van der Waals surface area contributed by atoms with Gasteiger partial charge in [-0.05, 0) is 65.2 Å². The van der Waals surface area contributed by atoms with Gasteiger partial charge in [0, 0.05) is 19.8 Å². The summed E-state index contributed by atoms with van der Waals surface area (Å²) in [6, 6.07) is 0.656. The van der Waals surface area contributed by atoms with Gasteiger partial charge >= 0.3 is 0 Å². The molecule has 0 amide bonds. The van der Waals surface area contributed by atoms with Gasteiger partial charge in [-0.25, -0.2) is 0 Å². The second-order valence-corrected chi connectivity index (χ2v) is 5.70. The van der Waals surface area contributed by atoms with Gasteiger partial charge in [-0.3, -0.25) is 0 Å². The number of rotatable bonds is 10. The van der Waals surface area contributed by atoms with E-state index in [0.717, 1.165) is 32.1 Å². The summed E-state index contributed by atoms with van der Waals surface area (Å²) in [5.41, 5.74) is 0. The van der Waals surface area contributed by atoms with E-state index in [2.05, 4.69) is 24.2 Å². The SMILES string of the molecule is COCCOCCCCNC(C)C1CCN(C)CC1. The first-order valence-corrected chi connectivity index (χ1v) is 7.72. The van der Waals surface area contributed by atoms with E-state index in [0.29, 0.717) is 12.6 Å². The predicted molar refractivity (Wildman–Crippen MR) is 79.6 cm³/mol.